The number of aliphatic hydroxyl groups is 1. The molecule has 0 aliphatic rings. The molecule has 2 N–H and O–H groups in total. The predicted molar refractivity (Wildman–Crippen MR) is 66.2 cm³/mol. The van der Waals surface area contributed by atoms with Crippen LogP contribution in [-0.4, -0.2) is 31.9 Å². The Hall–Kier alpha value is -0.320. The number of hydrogen-bond acceptors (Lipinski definition) is 3. The highest BCUT2D eigenvalue weighted by Crippen LogP contribution is 2.23. The molecule has 16 heavy (non-hydrogen) atoms. The molecule has 0 fully saturated rings. The lowest BCUT2D eigenvalue weighted by Gasteiger charge is -2.12. The largest absolute Gasteiger partial charge is 0.387 e. The first-order valence-corrected chi connectivity index (χ1v) is 5.73. The fourth-order valence-electron chi connectivity index (χ4n) is 1.30. The van der Waals surface area contributed by atoms with Gasteiger partial charge in [-0.3, -0.25) is 0 Å². The summed E-state index contributed by atoms with van der Waals surface area (Å²) in [5.74, 6) is 0. The second-order valence-electron chi connectivity index (χ2n) is 3.42. The van der Waals surface area contributed by atoms with Crippen LogP contribution in [0.5, 0.6) is 0 Å². The first kappa shape index (κ1) is 13.7. The van der Waals surface area contributed by atoms with E-state index in [1.54, 1.807) is 25.3 Å². The van der Waals surface area contributed by atoms with E-state index in [0.29, 0.717) is 35.3 Å². The van der Waals surface area contributed by atoms with Crippen molar-refractivity contribution < 1.29 is 9.84 Å². The normalized spacial score (nSPS) is 12.8. The van der Waals surface area contributed by atoms with Gasteiger partial charge in [-0.15, -0.1) is 0 Å². The Morgan fingerprint density at radius 3 is 2.50 bits per heavy atom. The van der Waals surface area contributed by atoms with Gasteiger partial charge in [-0.25, -0.2) is 0 Å². The topological polar surface area (TPSA) is 41.5 Å². The van der Waals surface area contributed by atoms with E-state index >= 15 is 0 Å². The smallest absolute Gasteiger partial charge is 0.0915 e. The Morgan fingerprint density at radius 1 is 1.31 bits per heavy atom. The van der Waals surface area contributed by atoms with Crippen molar-refractivity contribution in [2.75, 3.05) is 26.8 Å². The van der Waals surface area contributed by atoms with Crippen LogP contribution in [0.15, 0.2) is 18.2 Å². The van der Waals surface area contributed by atoms with E-state index in [2.05, 4.69) is 5.32 Å². The summed E-state index contributed by atoms with van der Waals surface area (Å²) < 4.78 is 4.88. The molecule has 0 saturated heterocycles. The second kappa shape index (κ2) is 7.09. The lowest BCUT2D eigenvalue weighted by Crippen LogP contribution is -2.24. The number of benzene rings is 1. The third-order valence-electron chi connectivity index (χ3n) is 2.09. The molecule has 0 spiro atoms. The molecule has 0 saturated carbocycles. The van der Waals surface area contributed by atoms with Crippen LogP contribution in [0.3, 0.4) is 0 Å². The van der Waals surface area contributed by atoms with Gasteiger partial charge in [-0.1, -0.05) is 23.2 Å². The van der Waals surface area contributed by atoms with Crippen molar-refractivity contribution in [3.63, 3.8) is 0 Å². The van der Waals surface area contributed by atoms with Gasteiger partial charge in [0.15, 0.2) is 0 Å². The molecule has 5 heteroatoms. The number of aliphatic hydroxyl groups excluding tert-OH is 1. The minimum Gasteiger partial charge on any atom is -0.387 e. The Balaban J connectivity index is 2.48. The molecule has 0 amide bonds. The summed E-state index contributed by atoms with van der Waals surface area (Å²) in [6.07, 6.45) is -0.618. The molecule has 3 nitrogen and oxygen atoms in total. The van der Waals surface area contributed by atoms with Crippen molar-refractivity contribution in [2.45, 2.75) is 6.10 Å². The van der Waals surface area contributed by atoms with Crippen LogP contribution >= 0.6 is 23.2 Å². The zero-order valence-corrected chi connectivity index (χ0v) is 10.6. The molecule has 0 aromatic heterocycles. The number of hydrogen-bond donors (Lipinski definition) is 2. The van der Waals surface area contributed by atoms with Gasteiger partial charge in [-0.05, 0) is 23.8 Å². The number of halogens is 2. The zero-order chi connectivity index (χ0) is 12.0. The first-order valence-electron chi connectivity index (χ1n) is 4.97. The van der Waals surface area contributed by atoms with E-state index < -0.39 is 6.10 Å². The molecule has 1 atom stereocenters. The highest BCUT2D eigenvalue weighted by molar-refractivity contribution is 6.34. The Labute approximate surface area is 105 Å². The predicted octanol–water partition coefficient (Wildman–Crippen LogP) is 2.26. The molecule has 1 aromatic carbocycles. The van der Waals surface area contributed by atoms with E-state index in [1.807, 2.05) is 0 Å². The van der Waals surface area contributed by atoms with Crippen molar-refractivity contribution in [1.82, 2.24) is 5.32 Å². The molecule has 1 rings (SSSR count). The lowest BCUT2D eigenvalue weighted by atomic mass is 10.1. The Bertz CT molecular complexity index is 314. The van der Waals surface area contributed by atoms with Crippen molar-refractivity contribution >= 4 is 23.2 Å². The molecule has 0 heterocycles. The van der Waals surface area contributed by atoms with E-state index in [1.165, 1.54) is 0 Å². The maximum absolute atomic E-state index is 9.85. The summed E-state index contributed by atoms with van der Waals surface area (Å²) in [4.78, 5) is 0. The van der Waals surface area contributed by atoms with Crippen molar-refractivity contribution in [3.8, 4) is 0 Å². The van der Waals surface area contributed by atoms with Gasteiger partial charge in [-0.2, -0.15) is 0 Å². The molecular formula is C11H15Cl2NO2. The summed E-state index contributed by atoms with van der Waals surface area (Å²) in [6, 6.07) is 5.05. The molecule has 1 aromatic rings. The average molecular weight is 264 g/mol. The number of nitrogens with one attached hydrogen (secondary N) is 1. The third-order valence-corrected chi connectivity index (χ3v) is 2.53. The van der Waals surface area contributed by atoms with E-state index in [0.717, 1.165) is 0 Å². The number of rotatable bonds is 6. The van der Waals surface area contributed by atoms with Gasteiger partial charge in [0.1, 0.15) is 0 Å². The lowest BCUT2D eigenvalue weighted by molar-refractivity contribution is 0.161. The fraction of sp³-hybridized carbons (Fsp3) is 0.455. The minimum absolute atomic E-state index is 0.444. The zero-order valence-electron chi connectivity index (χ0n) is 9.04. The molecule has 1 unspecified atom stereocenters. The van der Waals surface area contributed by atoms with Crippen LogP contribution in [-0.2, 0) is 4.74 Å². The maximum atomic E-state index is 9.85. The summed E-state index contributed by atoms with van der Waals surface area (Å²) in [7, 11) is 1.63. The summed E-state index contributed by atoms with van der Waals surface area (Å²) in [6.45, 7) is 1.75. The van der Waals surface area contributed by atoms with Gasteiger partial charge in [0.05, 0.1) is 12.7 Å². The monoisotopic (exact) mass is 263 g/mol. The fourth-order valence-corrected chi connectivity index (χ4v) is 1.84. The van der Waals surface area contributed by atoms with Crippen LogP contribution in [0.2, 0.25) is 10.0 Å². The minimum atomic E-state index is -0.618. The van der Waals surface area contributed by atoms with Crippen LogP contribution in [0.1, 0.15) is 11.7 Å². The van der Waals surface area contributed by atoms with E-state index in [9.17, 15) is 5.11 Å². The SMILES string of the molecule is COCCNCC(O)c1cc(Cl)cc(Cl)c1. The van der Waals surface area contributed by atoms with E-state index in [-0.39, 0.29) is 0 Å². The van der Waals surface area contributed by atoms with Gasteiger partial charge in [0, 0.05) is 30.2 Å². The summed E-state index contributed by atoms with van der Waals surface area (Å²) in [5, 5.41) is 14.0. The highest BCUT2D eigenvalue weighted by Gasteiger charge is 2.08. The molecule has 90 valence electrons. The standard InChI is InChI=1S/C11H15Cl2NO2/c1-16-3-2-14-7-11(15)8-4-9(12)6-10(13)5-8/h4-6,11,14-15H,2-3,7H2,1H3. The first-order chi connectivity index (χ1) is 7.63. The molecular weight excluding hydrogens is 249 g/mol. The van der Waals surface area contributed by atoms with Gasteiger partial charge >= 0.3 is 0 Å². The number of ether oxygens (including phenoxy) is 1. The van der Waals surface area contributed by atoms with E-state index in [4.69, 9.17) is 27.9 Å². The van der Waals surface area contributed by atoms with Crippen molar-refractivity contribution in [3.05, 3.63) is 33.8 Å². The molecule has 0 radical (unpaired) electrons. The van der Waals surface area contributed by atoms with Crippen molar-refractivity contribution in [1.29, 1.82) is 0 Å². The highest BCUT2D eigenvalue weighted by atomic mass is 35.5. The Morgan fingerprint density at radius 2 is 1.94 bits per heavy atom. The maximum Gasteiger partial charge on any atom is 0.0915 e. The average Bonchev–Trinajstić information content (AvgIpc) is 2.22. The second-order valence-corrected chi connectivity index (χ2v) is 4.29. The van der Waals surface area contributed by atoms with Crippen LogP contribution < -0.4 is 5.32 Å². The summed E-state index contributed by atoms with van der Waals surface area (Å²) >= 11 is 11.7. The van der Waals surface area contributed by atoms with Crippen LogP contribution in [0.25, 0.3) is 0 Å². The van der Waals surface area contributed by atoms with Crippen LogP contribution in [0.4, 0.5) is 0 Å². The summed E-state index contributed by atoms with van der Waals surface area (Å²) in [5.41, 5.74) is 0.711. The van der Waals surface area contributed by atoms with Gasteiger partial charge in [0.25, 0.3) is 0 Å². The van der Waals surface area contributed by atoms with Gasteiger partial charge < -0.3 is 15.2 Å². The third kappa shape index (κ3) is 4.68. The molecule has 0 aliphatic carbocycles. The number of methoxy groups -OCH3 is 1. The van der Waals surface area contributed by atoms with Gasteiger partial charge in [0.2, 0.25) is 0 Å². The molecule has 0 aliphatic heterocycles. The van der Waals surface area contributed by atoms with Crippen LogP contribution in [0, 0.1) is 0 Å². The van der Waals surface area contributed by atoms with Crippen molar-refractivity contribution in [2.24, 2.45) is 0 Å². The Kier molecular flexibility index (Phi) is 6.09. The molecule has 0 bridgehead atoms. The quantitative estimate of drug-likeness (QED) is 0.774.